The lowest BCUT2D eigenvalue weighted by molar-refractivity contribution is -0.117. The third kappa shape index (κ3) is 4.70. The highest BCUT2D eigenvalue weighted by molar-refractivity contribution is 7.89. The first-order valence-electron chi connectivity index (χ1n) is 7.04. The fourth-order valence-corrected chi connectivity index (χ4v) is 3.45. The van der Waals surface area contributed by atoms with Gasteiger partial charge in [-0.15, -0.1) is 0 Å². The smallest absolute Gasteiger partial charge is 0.242 e. The fraction of sp³-hybridized carbons (Fsp3) is 0.188. The molecule has 128 valence electrons. The quantitative estimate of drug-likeness (QED) is 0.823. The Morgan fingerprint density at radius 3 is 2.33 bits per heavy atom. The maximum Gasteiger partial charge on any atom is 0.242 e. The number of aryl methyl sites for hydroxylation is 1. The standard InChI is InChI=1S/C16H16Cl2N2O3S/c1-10-3-6-13(7-4-10)24(22,23)20-11(2)16(21)19-15-9-12(17)5-8-14(15)18/h3-9,11,20H,1-2H3,(H,19,21). The lowest BCUT2D eigenvalue weighted by Gasteiger charge is -2.15. The molecule has 1 atom stereocenters. The van der Waals surface area contributed by atoms with Crippen LogP contribution >= 0.6 is 23.2 Å². The molecule has 0 radical (unpaired) electrons. The monoisotopic (exact) mass is 386 g/mol. The minimum absolute atomic E-state index is 0.0912. The molecule has 0 aliphatic carbocycles. The van der Waals surface area contributed by atoms with E-state index in [0.29, 0.717) is 15.7 Å². The summed E-state index contributed by atoms with van der Waals surface area (Å²) in [6, 6.07) is 9.96. The van der Waals surface area contributed by atoms with Crippen molar-refractivity contribution in [1.29, 1.82) is 0 Å². The van der Waals surface area contributed by atoms with Crippen molar-refractivity contribution in [1.82, 2.24) is 4.72 Å². The Hall–Kier alpha value is -1.60. The Morgan fingerprint density at radius 1 is 1.08 bits per heavy atom. The zero-order valence-corrected chi connectivity index (χ0v) is 15.3. The predicted molar refractivity (Wildman–Crippen MR) is 96.1 cm³/mol. The van der Waals surface area contributed by atoms with Gasteiger partial charge in [0.2, 0.25) is 15.9 Å². The van der Waals surface area contributed by atoms with Crippen molar-refractivity contribution in [3.05, 3.63) is 58.1 Å². The Bertz CT molecular complexity index is 852. The molecule has 2 aromatic carbocycles. The number of benzene rings is 2. The summed E-state index contributed by atoms with van der Waals surface area (Å²) >= 11 is 11.8. The highest BCUT2D eigenvalue weighted by Gasteiger charge is 2.22. The molecule has 0 fully saturated rings. The van der Waals surface area contributed by atoms with Gasteiger partial charge in [-0.05, 0) is 44.2 Å². The predicted octanol–water partition coefficient (Wildman–Crippen LogP) is 3.61. The Kier molecular flexibility index (Phi) is 5.87. The molecule has 1 amide bonds. The van der Waals surface area contributed by atoms with Gasteiger partial charge in [0.1, 0.15) is 0 Å². The molecule has 0 bridgehead atoms. The maximum absolute atomic E-state index is 12.3. The first-order chi connectivity index (χ1) is 11.2. The van der Waals surface area contributed by atoms with Crippen LogP contribution in [0.5, 0.6) is 0 Å². The van der Waals surface area contributed by atoms with Crippen LogP contribution in [0.2, 0.25) is 10.0 Å². The number of carbonyl (C=O) groups is 1. The van der Waals surface area contributed by atoms with Crippen LogP contribution < -0.4 is 10.0 Å². The first-order valence-corrected chi connectivity index (χ1v) is 9.28. The molecule has 8 heteroatoms. The van der Waals surface area contributed by atoms with Crippen LogP contribution in [-0.2, 0) is 14.8 Å². The van der Waals surface area contributed by atoms with E-state index in [-0.39, 0.29) is 4.90 Å². The zero-order chi connectivity index (χ0) is 17.9. The molecule has 0 heterocycles. The minimum Gasteiger partial charge on any atom is -0.323 e. The average molecular weight is 387 g/mol. The molecule has 2 aromatic rings. The third-order valence-corrected chi connectivity index (χ3v) is 5.36. The molecule has 24 heavy (non-hydrogen) atoms. The van der Waals surface area contributed by atoms with E-state index in [9.17, 15) is 13.2 Å². The van der Waals surface area contributed by atoms with E-state index >= 15 is 0 Å². The van der Waals surface area contributed by atoms with Gasteiger partial charge < -0.3 is 5.32 Å². The number of rotatable bonds is 5. The van der Waals surface area contributed by atoms with Crippen LogP contribution in [-0.4, -0.2) is 20.4 Å². The van der Waals surface area contributed by atoms with Crippen molar-refractivity contribution in [3.63, 3.8) is 0 Å². The molecule has 0 saturated carbocycles. The third-order valence-electron chi connectivity index (χ3n) is 3.24. The van der Waals surface area contributed by atoms with Crippen molar-refractivity contribution < 1.29 is 13.2 Å². The van der Waals surface area contributed by atoms with Crippen LogP contribution in [0.15, 0.2) is 47.4 Å². The lowest BCUT2D eigenvalue weighted by atomic mass is 10.2. The van der Waals surface area contributed by atoms with Crippen LogP contribution in [0.25, 0.3) is 0 Å². The number of anilines is 1. The maximum atomic E-state index is 12.3. The second-order valence-electron chi connectivity index (χ2n) is 5.27. The molecule has 0 aromatic heterocycles. The van der Waals surface area contributed by atoms with Crippen LogP contribution in [0.4, 0.5) is 5.69 Å². The Balaban J connectivity index is 2.10. The van der Waals surface area contributed by atoms with E-state index in [1.165, 1.54) is 25.1 Å². The van der Waals surface area contributed by atoms with Gasteiger partial charge in [-0.3, -0.25) is 4.79 Å². The molecule has 2 rings (SSSR count). The summed E-state index contributed by atoms with van der Waals surface area (Å²) in [4.78, 5) is 12.3. The second-order valence-corrected chi connectivity index (χ2v) is 7.83. The largest absolute Gasteiger partial charge is 0.323 e. The summed E-state index contributed by atoms with van der Waals surface area (Å²) in [7, 11) is -3.80. The van der Waals surface area contributed by atoms with Gasteiger partial charge in [0, 0.05) is 5.02 Å². The van der Waals surface area contributed by atoms with Crippen molar-refractivity contribution in [2.24, 2.45) is 0 Å². The number of sulfonamides is 1. The van der Waals surface area contributed by atoms with E-state index in [0.717, 1.165) is 5.56 Å². The van der Waals surface area contributed by atoms with Gasteiger partial charge in [-0.25, -0.2) is 8.42 Å². The SMILES string of the molecule is Cc1ccc(S(=O)(=O)NC(C)C(=O)Nc2cc(Cl)ccc2Cl)cc1. The summed E-state index contributed by atoms with van der Waals surface area (Å²) in [6.45, 7) is 3.30. The Morgan fingerprint density at radius 2 is 1.71 bits per heavy atom. The van der Waals surface area contributed by atoms with E-state index in [4.69, 9.17) is 23.2 Å². The summed E-state index contributed by atoms with van der Waals surface area (Å²) in [5.74, 6) is -0.546. The average Bonchev–Trinajstić information content (AvgIpc) is 2.51. The van der Waals surface area contributed by atoms with Crippen molar-refractivity contribution >= 4 is 44.8 Å². The van der Waals surface area contributed by atoms with Crippen molar-refractivity contribution in [2.45, 2.75) is 24.8 Å². The van der Waals surface area contributed by atoms with E-state index < -0.39 is 22.0 Å². The molecule has 5 nitrogen and oxygen atoms in total. The van der Waals surface area contributed by atoms with Crippen LogP contribution in [0.3, 0.4) is 0 Å². The zero-order valence-electron chi connectivity index (χ0n) is 13.0. The molecule has 0 spiro atoms. The van der Waals surface area contributed by atoms with Gasteiger partial charge >= 0.3 is 0 Å². The summed E-state index contributed by atoms with van der Waals surface area (Å²) in [5.41, 5.74) is 1.26. The van der Waals surface area contributed by atoms with Crippen molar-refractivity contribution in [2.75, 3.05) is 5.32 Å². The highest BCUT2D eigenvalue weighted by atomic mass is 35.5. The van der Waals surface area contributed by atoms with Crippen LogP contribution in [0.1, 0.15) is 12.5 Å². The van der Waals surface area contributed by atoms with Gasteiger partial charge in [0.15, 0.2) is 0 Å². The molecule has 0 aliphatic rings. The minimum atomic E-state index is -3.80. The van der Waals surface area contributed by atoms with Crippen molar-refractivity contribution in [3.8, 4) is 0 Å². The van der Waals surface area contributed by atoms with Gasteiger partial charge in [-0.1, -0.05) is 40.9 Å². The molecule has 0 saturated heterocycles. The van der Waals surface area contributed by atoms with Gasteiger partial charge in [0.05, 0.1) is 21.6 Å². The molecular weight excluding hydrogens is 371 g/mol. The van der Waals surface area contributed by atoms with Gasteiger partial charge in [0.25, 0.3) is 0 Å². The van der Waals surface area contributed by atoms with E-state index in [1.54, 1.807) is 24.3 Å². The molecular formula is C16H16Cl2N2O3S. The normalized spacial score (nSPS) is 12.7. The second kappa shape index (κ2) is 7.53. The summed E-state index contributed by atoms with van der Waals surface area (Å²) in [5, 5.41) is 3.26. The number of nitrogens with one attached hydrogen (secondary N) is 2. The number of hydrogen-bond donors (Lipinski definition) is 2. The van der Waals surface area contributed by atoms with Crippen LogP contribution in [0, 0.1) is 6.92 Å². The lowest BCUT2D eigenvalue weighted by Crippen LogP contribution is -2.41. The topological polar surface area (TPSA) is 75.3 Å². The summed E-state index contributed by atoms with van der Waals surface area (Å²) in [6.07, 6.45) is 0. The highest BCUT2D eigenvalue weighted by Crippen LogP contribution is 2.25. The molecule has 2 N–H and O–H groups in total. The number of halogens is 2. The Labute approximate surface area is 151 Å². The van der Waals surface area contributed by atoms with Gasteiger partial charge in [-0.2, -0.15) is 4.72 Å². The summed E-state index contributed by atoms with van der Waals surface area (Å²) < 4.78 is 26.9. The fourth-order valence-electron chi connectivity index (χ4n) is 1.91. The molecule has 0 aliphatic heterocycles. The number of carbonyl (C=O) groups excluding carboxylic acids is 1. The van der Waals surface area contributed by atoms with E-state index in [1.807, 2.05) is 6.92 Å². The first kappa shape index (κ1) is 18.7. The number of hydrogen-bond acceptors (Lipinski definition) is 3. The molecule has 1 unspecified atom stereocenters. The van der Waals surface area contributed by atoms with E-state index in [2.05, 4.69) is 10.0 Å². The number of amides is 1.